The van der Waals surface area contributed by atoms with Crippen molar-refractivity contribution in [3.8, 4) is 5.75 Å². The molecule has 1 rings (SSSR count). The van der Waals surface area contributed by atoms with E-state index in [0.29, 0.717) is 0 Å². The fourth-order valence-corrected chi connectivity index (χ4v) is 1.23. The molecule has 2 nitrogen and oxygen atoms in total. The first-order valence-electron chi connectivity index (χ1n) is 3.95. The molecule has 3 N–H and O–H groups in total. The second kappa shape index (κ2) is 6.06. The number of hydrogen-bond acceptors (Lipinski definition) is 2. The van der Waals surface area contributed by atoms with Crippen LogP contribution in [0.15, 0.2) is 18.2 Å². The minimum atomic E-state index is -0.459. The highest BCUT2D eigenvalue weighted by molar-refractivity contribution is 6.32. The molecule has 0 saturated heterocycles. The molecule has 0 aromatic heterocycles. The van der Waals surface area contributed by atoms with Crippen molar-refractivity contribution in [2.24, 2.45) is 5.73 Å². The number of halogens is 3. The topological polar surface area (TPSA) is 46.2 Å². The van der Waals surface area contributed by atoms with Crippen LogP contribution in [0.5, 0.6) is 5.75 Å². The normalized spacial score (nSPS) is 11.9. The molecule has 0 aliphatic carbocycles. The van der Waals surface area contributed by atoms with E-state index >= 15 is 0 Å². The Bertz CT molecular complexity index is 296. The Labute approximate surface area is 93.3 Å². The zero-order valence-corrected chi connectivity index (χ0v) is 8.98. The summed E-state index contributed by atoms with van der Waals surface area (Å²) in [6, 6.07) is 4.29. The Balaban J connectivity index is 0.00000169. The average Bonchev–Trinajstić information content (AvgIpc) is 2.10. The van der Waals surface area contributed by atoms with Gasteiger partial charge in [-0.15, -0.1) is 12.4 Å². The van der Waals surface area contributed by atoms with E-state index in [2.05, 4.69) is 0 Å². The van der Waals surface area contributed by atoms with E-state index in [9.17, 15) is 4.39 Å². The fraction of sp³-hybridized carbons (Fsp3) is 0.333. The third-order valence-corrected chi connectivity index (χ3v) is 2.12. The van der Waals surface area contributed by atoms with Gasteiger partial charge in [0.15, 0.2) is 0 Å². The zero-order valence-electron chi connectivity index (χ0n) is 7.41. The summed E-state index contributed by atoms with van der Waals surface area (Å²) < 4.78 is 11.9. The van der Waals surface area contributed by atoms with Crippen LogP contribution < -0.4 is 5.73 Å². The molecule has 0 radical (unpaired) electrons. The van der Waals surface area contributed by atoms with E-state index in [4.69, 9.17) is 22.4 Å². The molecule has 14 heavy (non-hydrogen) atoms. The standard InChI is InChI=1S/C9H11ClFNO.ClH/c10-7-5-6(1-2-9(7)13)8(12)3-4-11;/h1-2,5,8,13H,3-4,12H2;1H/t8-;/m1./s1. The average molecular weight is 240 g/mol. The van der Waals surface area contributed by atoms with Crippen LogP contribution in [0.25, 0.3) is 0 Å². The maximum atomic E-state index is 11.9. The second-order valence-electron chi connectivity index (χ2n) is 2.79. The summed E-state index contributed by atoms with van der Waals surface area (Å²) >= 11 is 5.66. The van der Waals surface area contributed by atoms with Gasteiger partial charge in [-0.05, 0) is 24.1 Å². The smallest absolute Gasteiger partial charge is 0.134 e. The Kier molecular flexibility index (Phi) is 5.84. The van der Waals surface area contributed by atoms with Gasteiger partial charge in [0.05, 0.1) is 11.7 Å². The fourth-order valence-electron chi connectivity index (χ4n) is 1.04. The van der Waals surface area contributed by atoms with Crippen molar-refractivity contribution in [3.63, 3.8) is 0 Å². The van der Waals surface area contributed by atoms with Crippen LogP contribution in [0.1, 0.15) is 18.0 Å². The van der Waals surface area contributed by atoms with Crippen LogP contribution >= 0.6 is 24.0 Å². The molecule has 1 atom stereocenters. The molecule has 0 fully saturated rings. The minimum Gasteiger partial charge on any atom is -0.506 e. The van der Waals surface area contributed by atoms with Gasteiger partial charge in [-0.3, -0.25) is 4.39 Å². The van der Waals surface area contributed by atoms with Crippen molar-refractivity contribution in [2.45, 2.75) is 12.5 Å². The third-order valence-electron chi connectivity index (χ3n) is 1.82. The number of hydrogen-bond donors (Lipinski definition) is 2. The zero-order chi connectivity index (χ0) is 9.84. The molecule has 1 aromatic rings. The lowest BCUT2D eigenvalue weighted by atomic mass is 10.1. The Hall–Kier alpha value is -0.510. The van der Waals surface area contributed by atoms with Crippen molar-refractivity contribution in [1.82, 2.24) is 0 Å². The number of nitrogens with two attached hydrogens (primary N) is 1. The number of aromatic hydroxyl groups is 1. The van der Waals surface area contributed by atoms with Crippen molar-refractivity contribution in [1.29, 1.82) is 0 Å². The van der Waals surface area contributed by atoms with Crippen molar-refractivity contribution < 1.29 is 9.50 Å². The van der Waals surface area contributed by atoms with Crippen LogP contribution in [0.4, 0.5) is 4.39 Å². The van der Waals surface area contributed by atoms with Crippen LogP contribution in [-0.2, 0) is 0 Å². The van der Waals surface area contributed by atoms with Crippen LogP contribution in [0, 0.1) is 0 Å². The summed E-state index contributed by atoms with van der Waals surface area (Å²) in [6.45, 7) is -0.459. The Morgan fingerprint density at radius 2 is 2.14 bits per heavy atom. The van der Waals surface area contributed by atoms with E-state index in [0.717, 1.165) is 5.56 Å². The Morgan fingerprint density at radius 1 is 1.50 bits per heavy atom. The molecule has 80 valence electrons. The van der Waals surface area contributed by atoms with E-state index in [-0.39, 0.29) is 35.6 Å². The largest absolute Gasteiger partial charge is 0.506 e. The van der Waals surface area contributed by atoms with E-state index in [1.165, 1.54) is 6.07 Å². The van der Waals surface area contributed by atoms with E-state index < -0.39 is 6.67 Å². The Morgan fingerprint density at radius 3 is 2.64 bits per heavy atom. The van der Waals surface area contributed by atoms with Crippen molar-refractivity contribution in [3.05, 3.63) is 28.8 Å². The highest BCUT2D eigenvalue weighted by atomic mass is 35.5. The molecule has 0 unspecified atom stereocenters. The number of rotatable bonds is 3. The number of alkyl halides is 1. The molecule has 0 aliphatic heterocycles. The number of phenols is 1. The lowest BCUT2D eigenvalue weighted by Gasteiger charge is -2.10. The molecule has 0 saturated carbocycles. The van der Waals surface area contributed by atoms with Gasteiger partial charge in [-0.25, -0.2) is 0 Å². The molecule has 0 heterocycles. The van der Waals surface area contributed by atoms with Gasteiger partial charge < -0.3 is 10.8 Å². The third kappa shape index (κ3) is 3.33. The summed E-state index contributed by atoms with van der Waals surface area (Å²) in [5.41, 5.74) is 6.38. The predicted molar refractivity (Wildman–Crippen MR) is 57.9 cm³/mol. The van der Waals surface area contributed by atoms with Crippen molar-refractivity contribution in [2.75, 3.05) is 6.67 Å². The number of phenolic OH excluding ortho intramolecular Hbond substituents is 1. The van der Waals surface area contributed by atoms with Gasteiger partial charge in [-0.2, -0.15) is 0 Å². The molecular formula is C9H12Cl2FNO. The second-order valence-corrected chi connectivity index (χ2v) is 3.20. The summed E-state index contributed by atoms with van der Waals surface area (Å²) in [6.07, 6.45) is 0.265. The molecule has 0 aliphatic rings. The minimum absolute atomic E-state index is 0. The van der Waals surface area contributed by atoms with Crippen molar-refractivity contribution >= 4 is 24.0 Å². The lowest BCUT2D eigenvalue weighted by molar-refractivity contribution is 0.441. The molecular weight excluding hydrogens is 228 g/mol. The van der Waals surface area contributed by atoms with Gasteiger partial charge in [0.2, 0.25) is 0 Å². The summed E-state index contributed by atoms with van der Waals surface area (Å²) in [5.74, 6) is 0.0119. The first kappa shape index (κ1) is 13.5. The van der Waals surface area contributed by atoms with Crippen LogP contribution in [-0.4, -0.2) is 11.8 Å². The number of benzene rings is 1. The van der Waals surface area contributed by atoms with Gasteiger partial charge in [-0.1, -0.05) is 17.7 Å². The monoisotopic (exact) mass is 239 g/mol. The highest BCUT2D eigenvalue weighted by Gasteiger charge is 2.07. The molecule has 0 bridgehead atoms. The summed E-state index contributed by atoms with van der Waals surface area (Å²) in [7, 11) is 0. The molecule has 5 heteroatoms. The molecule has 0 amide bonds. The van der Waals surface area contributed by atoms with E-state index in [1.54, 1.807) is 12.1 Å². The summed E-state index contributed by atoms with van der Waals surface area (Å²) in [4.78, 5) is 0. The van der Waals surface area contributed by atoms with Gasteiger partial charge in [0, 0.05) is 6.04 Å². The first-order chi connectivity index (χ1) is 6.15. The summed E-state index contributed by atoms with van der Waals surface area (Å²) in [5, 5.41) is 9.35. The lowest BCUT2D eigenvalue weighted by Crippen LogP contribution is -2.10. The quantitative estimate of drug-likeness (QED) is 0.853. The van der Waals surface area contributed by atoms with Crippen LogP contribution in [0.2, 0.25) is 5.02 Å². The molecule has 1 aromatic carbocycles. The van der Waals surface area contributed by atoms with Gasteiger partial charge >= 0.3 is 0 Å². The van der Waals surface area contributed by atoms with Gasteiger partial charge in [0.25, 0.3) is 0 Å². The molecule has 0 spiro atoms. The van der Waals surface area contributed by atoms with Crippen LogP contribution in [0.3, 0.4) is 0 Å². The first-order valence-corrected chi connectivity index (χ1v) is 4.33. The SMILES string of the molecule is Cl.N[C@H](CCF)c1ccc(O)c(Cl)c1. The maximum absolute atomic E-state index is 11.9. The highest BCUT2D eigenvalue weighted by Crippen LogP contribution is 2.26. The predicted octanol–water partition coefficient (Wildman–Crippen LogP) is 2.83. The maximum Gasteiger partial charge on any atom is 0.134 e. The van der Waals surface area contributed by atoms with E-state index in [1.807, 2.05) is 0 Å². The van der Waals surface area contributed by atoms with Gasteiger partial charge in [0.1, 0.15) is 5.75 Å².